The number of ether oxygens (including phenoxy) is 1. The summed E-state index contributed by atoms with van der Waals surface area (Å²) in [5.41, 5.74) is 0.714. The average Bonchev–Trinajstić information content (AvgIpc) is 3.48. The Kier molecular flexibility index (Phi) is 6.86. The molecule has 1 heterocycles. The van der Waals surface area contributed by atoms with Crippen molar-refractivity contribution in [3.8, 4) is 0 Å². The molecule has 0 spiro atoms. The Balaban J connectivity index is 1.46. The highest BCUT2D eigenvalue weighted by molar-refractivity contribution is 7.88. The SMILES string of the molecule is O=C(NCC[C@H]1CC[C@@H](NS(=O)(=O)Cc2ccccc2)[C@@H](CO)O1)C1CC1. The number of amides is 1. The molecular weight excluding hydrogens is 368 g/mol. The quantitative estimate of drug-likeness (QED) is 0.576. The lowest BCUT2D eigenvalue weighted by Gasteiger charge is -2.36. The second-order valence-corrected chi connectivity index (χ2v) is 9.13. The van der Waals surface area contributed by atoms with Crippen molar-refractivity contribution in [3.63, 3.8) is 0 Å². The molecule has 150 valence electrons. The number of carbonyl (C=O) groups is 1. The zero-order valence-corrected chi connectivity index (χ0v) is 16.2. The van der Waals surface area contributed by atoms with Crippen molar-refractivity contribution < 1.29 is 23.1 Å². The van der Waals surface area contributed by atoms with E-state index in [-0.39, 0.29) is 30.3 Å². The van der Waals surface area contributed by atoms with Gasteiger partial charge in [-0.3, -0.25) is 4.79 Å². The average molecular weight is 397 g/mol. The van der Waals surface area contributed by atoms with Gasteiger partial charge in [0, 0.05) is 12.5 Å². The summed E-state index contributed by atoms with van der Waals surface area (Å²) in [6.45, 7) is 0.298. The lowest BCUT2D eigenvalue weighted by molar-refractivity contribution is -0.122. The summed E-state index contributed by atoms with van der Waals surface area (Å²) in [4.78, 5) is 11.7. The van der Waals surface area contributed by atoms with Crippen LogP contribution in [0.25, 0.3) is 0 Å². The molecule has 27 heavy (non-hydrogen) atoms. The van der Waals surface area contributed by atoms with Gasteiger partial charge < -0.3 is 15.2 Å². The van der Waals surface area contributed by atoms with Crippen LogP contribution < -0.4 is 10.0 Å². The largest absolute Gasteiger partial charge is 0.394 e. The van der Waals surface area contributed by atoms with Gasteiger partial charge in [0.1, 0.15) is 0 Å². The maximum Gasteiger partial charge on any atom is 0.223 e. The van der Waals surface area contributed by atoms with Crippen LogP contribution in [-0.4, -0.2) is 50.8 Å². The van der Waals surface area contributed by atoms with Crippen LogP contribution in [0.4, 0.5) is 0 Å². The van der Waals surface area contributed by atoms with Gasteiger partial charge in [0.05, 0.1) is 30.6 Å². The van der Waals surface area contributed by atoms with Gasteiger partial charge in [-0.1, -0.05) is 30.3 Å². The molecule has 3 N–H and O–H groups in total. The van der Waals surface area contributed by atoms with E-state index in [0.717, 1.165) is 12.8 Å². The van der Waals surface area contributed by atoms with Gasteiger partial charge in [-0.05, 0) is 37.7 Å². The molecule has 1 aromatic carbocycles. The third-order valence-electron chi connectivity index (χ3n) is 5.04. The molecule has 2 fully saturated rings. The fourth-order valence-electron chi connectivity index (χ4n) is 3.39. The number of rotatable bonds is 9. The number of sulfonamides is 1. The van der Waals surface area contributed by atoms with Gasteiger partial charge in [-0.2, -0.15) is 0 Å². The number of carbonyl (C=O) groups excluding carboxylic acids is 1. The smallest absolute Gasteiger partial charge is 0.223 e. The molecule has 3 rings (SSSR count). The standard InChI is InChI=1S/C19H28N2O5S/c22-12-18-17(21-27(24,25)13-14-4-2-1-3-5-14)9-8-16(26-18)10-11-20-19(23)15-6-7-15/h1-5,15-18,21-22H,6-13H2,(H,20,23)/t16-,17-,18-/m1/s1. The van der Waals surface area contributed by atoms with Crippen molar-refractivity contribution in [2.24, 2.45) is 5.92 Å². The van der Waals surface area contributed by atoms with Crippen LogP contribution in [0.2, 0.25) is 0 Å². The molecule has 3 atom stereocenters. The Bertz CT molecular complexity index is 721. The van der Waals surface area contributed by atoms with Crippen molar-refractivity contribution in [3.05, 3.63) is 35.9 Å². The topological polar surface area (TPSA) is 105 Å². The maximum atomic E-state index is 12.4. The number of nitrogens with one attached hydrogen (secondary N) is 2. The van der Waals surface area contributed by atoms with E-state index < -0.39 is 22.2 Å². The van der Waals surface area contributed by atoms with Crippen LogP contribution >= 0.6 is 0 Å². The van der Waals surface area contributed by atoms with Gasteiger partial charge in [0.2, 0.25) is 15.9 Å². The molecule has 7 nitrogen and oxygen atoms in total. The normalized spacial score (nSPS) is 25.9. The summed E-state index contributed by atoms with van der Waals surface area (Å²) in [7, 11) is -3.52. The first-order valence-electron chi connectivity index (χ1n) is 9.55. The summed E-state index contributed by atoms with van der Waals surface area (Å²) in [5, 5.41) is 12.5. The second-order valence-electron chi connectivity index (χ2n) is 7.38. The molecule has 0 unspecified atom stereocenters. The second kappa shape index (κ2) is 9.14. The van der Waals surface area contributed by atoms with E-state index in [9.17, 15) is 18.3 Å². The Morgan fingerprint density at radius 1 is 1.15 bits per heavy atom. The fourth-order valence-corrected chi connectivity index (χ4v) is 4.84. The van der Waals surface area contributed by atoms with Gasteiger partial charge in [0.25, 0.3) is 0 Å². The van der Waals surface area contributed by atoms with Crippen LogP contribution in [0.5, 0.6) is 0 Å². The number of aliphatic hydroxyl groups excluding tert-OH is 1. The molecular formula is C19H28N2O5S. The van der Waals surface area contributed by atoms with Crippen molar-refractivity contribution in [2.75, 3.05) is 13.2 Å². The van der Waals surface area contributed by atoms with E-state index in [1.54, 1.807) is 24.3 Å². The molecule has 1 saturated carbocycles. The number of hydrogen-bond acceptors (Lipinski definition) is 5. The van der Waals surface area contributed by atoms with Crippen molar-refractivity contribution in [1.82, 2.24) is 10.0 Å². The Morgan fingerprint density at radius 3 is 2.56 bits per heavy atom. The summed E-state index contributed by atoms with van der Waals surface area (Å²) in [6, 6.07) is 8.54. The fraction of sp³-hybridized carbons (Fsp3) is 0.632. The predicted octanol–water partition coefficient (Wildman–Crippen LogP) is 0.931. The highest BCUT2D eigenvalue weighted by Crippen LogP contribution is 2.29. The first kappa shape index (κ1) is 20.3. The minimum absolute atomic E-state index is 0.0865. The van der Waals surface area contributed by atoms with Crippen molar-refractivity contribution in [1.29, 1.82) is 0 Å². The molecule has 0 aromatic heterocycles. The molecule has 1 saturated heterocycles. The summed E-state index contributed by atoms with van der Waals surface area (Å²) in [6.07, 6.45) is 3.24. The Morgan fingerprint density at radius 2 is 1.89 bits per heavy atom. The molecule has 0 bridgehead atoms. The molecule has 8 heteroatoms. The zero-order chi connectivity index (χ0) is 19.3. The van der Waals surface area contributed by atoms with Gasteiger partial charge >= 0.3 is 0 Å². The minimum Gasteiger partial charge on any atom is -0.394 e. The summed E-state index contributed by atoms with van der Waals surface area (Å²) >= 11 is 0. The van der Waals surface area contributed by atoms with Crippen molar-refractivity contribution in [2.45, 2.75) is 56.1 Å². The van der Waals surface area contributed by atoms with Gasteiger partial charge in [-0.15, -0.1) is 0 Å². The van der Waals surface area contributed by atoms with Crippen LogP contribution in [0.15, 0.2) is 30.3 Å². The van der Waals surface area contributed by atoms with E-state index in [4.69, 9.17) is 4.74 Å². The summed E-state index contributed by atoms with van der Waals surface area (Å²) < 4.78 is 33.4. The predicted molar refractivity (Wildman–Crippen MR) is 101 cm³/mol. The first-order chi connectivity index (χ1) is 13.0. The lowest BCUT2D eigenvalue weighted by atomic mass is 9.98. The third kappa shape index (κ3) is 6.27. The van der Waals surface area contributed by atoms with Crippen LogP contribution in [-0.2, 0) is 25.3 Å². The van der Waals surface area contributed by atoms with E-state index >= 15 is 0 Å². The number of benzene rings is 1. The van der Waals surface area contributed by atoms with Crippen molar-refractivity contribution >= 4 is 15.9 Å². The van der Waals surface area contributed by atoms with E-state index in [1.807, 2.05) is 6.07 Å². The van der Waals surface area contributed by atoms with Crippen LogP contribution in [0.1, 0.15) is 37.7 Å². The first-order valence-corrected chi connectivity index (χ1v) is 11.2. The highest BCUT2D eigenvalue weighted by atomic mass is 32.2. The van der Waals surface area contributed by atoms with E-state index in [0.29, 0.717) is 31.4 Å². The van der Waals surface area contributed by atoms with Gasteiger partial charge in [0.15, 0.2) is 0 Å². The van der Waals surface area contributed by atoms with Crippen LogP contribution in [0.3, 0.4) is 0 Å². The molecule has 1 aliphatic heterocycles. The number of aliphatic hydroxyl groups is 1. The van der Waals surface area contributed by atoms with E-state index in [1.165, 1.54) is 0 Å². The monoisotopic (exact) mass is 396 g/mol. The summed E-state index contributed by atoms with van der Waals surface area (Å²) in [5.74, 6) is 0.195. The Hall–Kier alpha value is -1.48. The maximum absolute atomic E-state index is 12.4. The van der Waals surface area contributed by atoms with Gasteiger partial charge in [-0.25, -0.2) is 13.1 Å². The Labute approximate surface area is 160 Å². The number of hydrogen-bond donors (Lipinski definition) is 3. The third-order valence-corrected chi connectivity index (χ3v) is 6.41. The highest BCUT2D eigenvalue weighted by Gasteiger charge is 2.34. The minimum atomic E-state index is -3.52. The molecule has 2 aliphatic rings. The zero-order valence-electron chi connectivity index (χ0n) is 15.3. The molecule has 1 aliphatic carbocycles. The molecule has 1 aromatic rings. The van der Waals surface area contributed by atoms with E-state index in [2.05, 4.69) is 10.0 Å². The molecule has 1 amide bonds. The molecule has 0 radical (unpaired) electrons. The lowest BCUT2D eigenvalue weighted by Crippen LogP contribution is -2.51. The van der Waals surface area contributed by atoms with Crippen LogP contribution in [0, 0.1) is 5.92 Å².